The van der Waals surface area contributed by atoms with E-state index in [1.165, 1.54) is 13.8 Å². The van der Waals surface area contributed by atoms with Gasteiger partial charge in [0, 0.05) is 0 Å². The summed E-state index contributed by atoms with van der Waals surface area (Å²) < 4.78 is 37.8. The van der Waals surface area contributed by atoms with Crippen molar-refractivity contribution in [1.29, 1.82) is 0 Å². The van der Waals surface area contributed by atoms with E-state index in [9.17, 15) is 18.0 Å². The van der Waals surface area contributed by atoms with Crippen LogP contribution in [0.4, 0.5) is 13.2 Å². The third-order valence-electron chi connectivity index (χ3n) is 2.96. The largest absolute Gasteiger partial charge is 0.411 e. The number of hydrogen-bond donors (Lipinski definition) is 3. The molecule has 0 radical (unpaired) electrons. The van der Waals surface area contributed by atoms with Gasteiger partial charge in [0.15, 0.2) is 5.84 Å². The molecule has 1 aliphatic rings. The molecule has 5 nitrogen and oxygen atoms in total. The number of carbonyl (C=O) groups is 1. The first kappa shape index (κ1) is 13.6. The summed E-state index contributed by atoms with van der Waals surface area (Å²) in [5.74, 6) is -1.35. The highest BCUT2D eigenvalue weighted by Gasteiger charge is 2.65. The summed E-state index contributed by atoms with van der Waals surface area (Å²) in [6, 6.07) is 0. The molecule has 0 aromatic rings. The van der Waals surface area contributed by atoms with Crippen molar-refractivity contribution in [2.45, 2.75) is 38.4 Å². The zero-order valence-electron chi connectivity index (χ0n) is 9.43. The number of alkyl halides is 3. The van der Waals surface area contributed by atoms with Crippen LogP contribution in [0, 0.1) is 5.41 Å². The van der Waals surface area contributed by atoms with Gasteiger partial charge in [-0.05, 0) is 26.7 Å². The maximum Gasteiger partial charge on any atom is 0.411 e. The Labute approximate surface area is 95.8 Å². The van der Waals surface area contributed by atoms with Crippen molar-refractivity contribution >= 4 is 11.7 Å². The average molecular weight is 253 g/mol. The molecule has 0 bridgehead atoms. The molecular formula is C9H14F3N3O2. The zero-order valence-corrected chi connectivity index (χ0v) is 9.43. The van der Waals surface area contributed by atoms with Gasteiger partial charge in [-0.2, -0.15) is 13.2 Å². The summed E-state index contributed by atoms with van der Waals surface area (Å²) in [5.41, 5.74) is 1.63. The van der Waals surface area contributed by atoms with E-state index in [0.717, 1.165) is 0 Å². The van der Waals surface area contributed by atoms with Crippen molar-refractivity contribution in [1.82, 2.24) is 5.32 Å². The van der Waals surface area contributed by atoms with Gasteiger partial charge >= 0.3 is 6.18 Å². The third-order valence-corrected chi connectivity index (χ3v) is 2.96. The van der Waals surface area contributed by atoms with Crippen LogP contribution in [0.15, 0.2) is 5.16 Å². The van der Waals surface area contributed by atoms with Crippen LogP contribution < -0.4 is 11.1 Å². The molecule has 8 heteroatoms. The van der Waals surface area contributed by atoms with E-state index < -0.39 is 28.9 Å². The molecule has 0 unspecified atom stereocenters. The fraction of sp³-hybridized carbons (Fsp3) is 0.778. The molecule has 98 valence electrons. The fourth-order valence-corrected chi connectivity index (χ4v) is 1.22. The van der Waals surface area contributed by atoms with Crippen molar-refractivity contribution < 1.29 is 23.2 Å². The minimum Gasteiger partial charge on any atom is -0.409 e. The van der Waals surface area contributed by atoms with Gasteiger partial charge in [-0.15, -0.1) is 0 Å². The molecule has 0 atom stereocenters. The topological polar surface area (TPSA) is 87.7 Å². The smallest absolute Gasteiger partial charge is 0.409 e. The normalized spacial score (nSPS) is 19.9. The highest BCUT2D eigenvalue weighted by atomic mass is 19.4. The number of hydrogen-bond acceptors (Lipinski definition) is 3. The second kappa shape index (κ2) is 3.78. The molecule has 4 N–H and O–H groups in total. The Morgan fingerprint density at radius 2 is 1.88 bits per heavy atom. The summed E-state index contributed by atoms with van der Waals surface area (Å²) >= 11 is 0. The van der Waals surface area contributed by atoms with Crippen LogP contribution in [0.5, 0.6) is 0 Å². The van der Waals surface area contributed by atoms with Crippen LogP contribution in [0.25, 0.3) is 0 Å². The van der Waals surface area contributed by atoms with Gasteiger partial charge in [0.2, 0.25) is 5.91 Å². The number of rotatable bonds is 3. The maximum atomic E-state index is 12.6. The predicted molar refractivity (Wildman–Crippen MR) is 53.4 cm³/mol. The molecule has 0 saturated heterocycles. The Balaban J connectivity index is 2.81. The Hall–Kier alpha value is -1.47. The molecule has 1 amide bonds. The SMILES string of the molecule is CC(C)(C(=O)NC1(C(F)(F)F)CC1)C(N)=NO. The number of oxime groups is 1. The van der Waals surface area contributed by atoms with Crippen molar-refractivity contribution in [3.8, 4) is 0 Å². The molecule has 1 fully saturated rings. The lowest BCUT2D eigenvalue weighted by Gasteiger charge is -2.27. The first-order valence-electron chi connectivity index (χ1n) is 4.94. The highest BCUT2D eigenvalue weighted by Crippen LogP contribution is 2.49. The van der Waals surface area contributed by atoms with Crippen molar-refractivity contribution in [3.05, 3.63) is 0 Å². The summed E-state index contributed by atoms with van der Waals surface area (Å²) in [4.78, 5) is 11.7. The number of nitrogens with zero attached hydrogens (tertiary/aromatic N) is 1. The lowest BCUT2D eigenvalue weighted by molar-refractivity contribution is -0.171. The minimum atomic E-state index is -4.48. The van der Waals surface area contributed by atoms with E-state index in [4.69, 9.17) is 10.9 Å². The molecule has 0 heterocycles. The minimum absolute atomic E-state index is 0.144. The lowest BCUT2D eigenvalue weighted by Crippen LogP contribution is -2.54. The molecule has 17 heavy (non-hydrogen) atoms. The molecule has 1 saturated carbocycles. The van der Waals surface area contributed by atoms with Crippen LogP contribution >= 0.6 is 0 Å². The Kier molecular flexibility index (Phi) is 3.02. The molecule has 0 aromatic heterocycles. The van der Waals surface area contributed by atoms with E-state index in [1.54, 1.807) is 0 Å². The Bertz CT molecular complexity index is 359. The van der Waals surface area contributed by atoms with Gasteiger partial charge in [-0.1, -0.05) is 5.16 Å². The van der Waals surface area contributed by atoms with Crippen molar-refractivity contribution in [2.75, 3.05) is 0 Å². The van der Waals surface area contributed by atoms with Crippen LogP contribution in [-0.4, -0.2) is 28.7 Å². The molecular weight excluding hydrogens is 239 g/mol. The van der Waals surface area contributed by atoms with E-state index in [1.807, 2.05) is 5.32 Å². The summed E-state index contributed by atoms with van der Waals surface area (Å²) in [6.45, 7) is 2.56. The number of carbonyl (C=O) groups excluding carboxylic acids is 1. The maximum absolute atomic E-state index is 12.6. The summed E-state index contributed by atoms with van der Waals surface area (Å²) in [7, 11) is 0. The molecule has 0 spiro atoms. The van der Waals surface area contributed by atoms with E-state index in [0.29, 0.717) is 0 Å². The quantitative estimate of drug-likeness (QED) is 0.303. The number of amidine groups is 1. The molecule has 0 aromatic carbocycles. The van der Waals surface area contributed by atoms with Crippen LogP contribution in [0.3, 0.4) is 0 Å². The highest BCUT2D eigenvalue weighted by molar-refractivity contribution is 6.06. The Morgan fingerprint density at radius 3 is 2.18 bits per heavy atom. The second-order valence-electron chi connectivity index (χ2n) is 4.64. The lowest BCUT2D eigenvalue weighted by atomic mass is 9.90. The number of amides is 1. The van der Waals surface area contributed by atoms with Gasteiger partial charge in [0.1, 0.15) is 11.0 Å². The van der Waals surface area contributed by atoms with Crippen LogP contribution in [-0.2, 0) is 4.79 Å². The molecule has 0 aliphatic heterocycles. The first-order valence-corrected chi connectivity index (χ1v) is 4.94. The van der Waals surface area contributed by atoms with E-state index in [2.05, 4.69) is 5.16 Å². The van der Waals surface area contributed by atoms with Crippen LogP contribution in [0.2, 0.25) is 0 Å². The second-order valence-corrected chi connectivity index (χ2v) is 4.64. The van der Waals surface area contributed by atoms with Crippen molar-refractivity contribution in [2.24, 2.45) is 16.3 Å². The average Bonchev–Trinajstić information content (AvgIpc) is 2.96. The Morgan fingerprint density at radius 1 is 1.41 bits per heavy atom. The first-order chi connectivity index (χ1) is 7.57. The van der Waals surface area contributed by atoms with Gasteiger partial charge < -0.3 is 16.3 Å². The zero-order chi connectivity index (χ0) is 13.5. The van der Waals surface area contributed by atoms with Crippen LogP contribution in [0.1, 0.15) is 26.7 Å². The van der Waals surface area contributed by atoms with Gasteiger partial charge in [-0.25, -0.2) is 0 Å². The number of nitrogens with two attached hydrogens (primary N) is 1. The van der Waals surface area contributed by atoms with E-state index in [-0.39, 0.29) is 12.8 Å². The molecule has 1 aliphatic carbocycles. The monoisotopic (exact) mass is 253 g/mol. The standard InChI is InChI=1S/C9H14F3N3O2/c1-7(2,5(13)15-17)6(16)14-8(3-4-8)9(10,11)12/h17H,3-4H2,1-2H3,(H2,13,15)(H,14,16). The van der Waals surface area contributed by atoms with Gasteiger partial charge in [0.05, 0.1) is 0 Å². The van der Waals surface area contributed by atoms with Gasteiger partial charge in [0.25, 0.3) is 0 Å². The van der Waals surface area contributed by atoms with E-state index >= 15 is 0 Å². The summed E-state index contributed by atoms with van der Waals surface area (Å²) in [5, 5.41) is 13.0. The predicted octanol–water partition coefficient (Wildman–Crippen LogP) is 0.970. The third kappa shape index (κ3) is 2.29. The fourth-order valence-electron chi connectivity index (χ4n) is 1.22. The van der Waals surface area contributed by atoms with Gasteiger partial charge in [-0.3, -0.25) is 4.79 Å². The van der Waals surface area contributed by atoms with Crippen molar-refractivity contribution in [3.63, 3.8) is 0 Å². The molecule has 1 rings (SSSR count). The number of halogens is 3. The number of nitrogens with one attached hydrogen (secondary N) is 1. The summed E-state index contributed by atoms with van der Waals surface area (Å²) in [6.07, 6.45) is -4.77.